The lowest BCUT2D eigenvalue weighted by molar-refractivity contribution is -0.173. The van der Waals surface area contributed by atoms with Gasteiger partial charge >= 0.3 is 0 Å². The number of hydrogen-bond donors (Lipinski definition) is 2. The molecule has 0 fully saturated rings. The van der Waals surface area contributed by atoms with Crippen molar-refractivity contribution in [1.29, 1.82) is 0 Å². The third kappa shape index (κ3) is 5.52. The van der Waals surface area contributed by atoms with Crippen molar-refractivity contribution in [3.05, 3.63) is 168 Å². The van der Waals surface area contributed by atoms with Gasteiger partial charge in [0, 0.05) is 65.1 Å². The number of ether oxygens (including phenoxy) is 4. The van der Waals surface area contributed by atoms with Gasteiger partial charge in [0.25, 0.3) is 0 Å². The number of fused-ring (bicyclic) bond motifs is 11. The van der Waals surface area contributed by atoms with Crippen molar-refractivity contribution in [3.8, 4) is 44.5 Å². The molecule has 7 aromatic rings. The molecule has 0 saturated carbocycles. The summed E-state index contributed by atoms with van der Waals surface area (Å²) in [6.07, 6.45) is -2.16. The molecule has 8 nitrogen and oxygen atoms in total. The molecule has 4 aromatic carbocycles. The Morgan fingerprint density at radius 3 is 1.41 bits per heavy atom. The summed E-state index contributed by atoms with van der Waals surface area (Å²) in [6, 6.07) is 47.9. The molecule has 2 N–H and O–H groups in total. The highest BCUT2D eigenvalue weighted by molar-refractivity contribution is 5.94. The number of benzene rings is 4. The average molecular weight is 737 g/mol. The summed E-state index contributed by atoms with van der Waals surface area (Å²) < 4.78 is 26.2. The molecule has 276 valence electrons. The maximum Gasteiger partial charge on any atom is 0.202 e. The van der Waals surface area contributed by atoms with Crippen molar-refractivity contribution in [3.63, 3.8) is 0 Å². The van der Waals surface area contributed by atoms with Gasteiger partial charge in [-0.1, -0.05) is 115 Å². The van der Waals surface area contributed by atoms with Crippen LogP contribution in [-0.2, 0) is 18.9 Å². The van der Waals surface area contributed by atoms with E-state index in [-0.39, 0.29) is 0 Å². The zero-order valence-corrected chi connectivity index (χ0v) is 31.3. The van der Waals surface area contributed by atoms with E-state index in [0.29, 0.717) is 12.3 Å². The number of methoxy groups -OCH3 is 2. The maximum absolute atomic E-state index is 7.02. The Morgan fingerprint density at radius 2 is 0.929 bits per heavy atom. The molecule has 0 unspecified atom stereocenters. The summed E-state index contributed by atoms with van der Waals surface area (Å²) in [5.41, 5.74) is 15.5. The van der Waals surface area contributed by atoms with Gasteiger partial charge in [-0.05, 0) is 59.0 Å². The molecule has 8 bridgehead atoms. The molecular formula is C48H40N4O4. The van der Waals surface area contributed by atoms with Crippen molar-refractivity contribution < 1.29 is 18.9 Å². The molecule has 4 atom stereocenters. The molecule has 0 amide bonds. The van der Waals surface area contributed by atoms with E-state index >= 15 is 0 Å². The van der Waals surface area contributed by atoms with Crippen LogP contribution in [0.15, 0.2) is 140 Å². The molecule has 0 spiro atoms. The summed E-state index contributed by atoms with van der Waals surface area (Å²) in [5, 5.41) is 0. The van der Waals surface area contributed by atoms with E-state index in [1.807, 2.05) is 49.4 Å². The number of aromatic amines is 2. The standard InChI is InChI=1S/C48H40N4O4/c1-4-55-48-44-39(30-20-12-7-13-21-30)35-25-24-33(49-35)37(28-16-8-5-9-17-28)41-46(53-2)47(54-3)42(51-41)38(29-18-10-6-11-19-29)34-26-27-36(50-34)40-31-22-14-15-23-32(31)45(56-48)43(40)52-44/h5-27,45-50H,4H2,1-3H3/t45-,46+,47-,48+/m1/s1. The van der Waals surface area contributed by atoms with Crippen LogP contribution in [0.25, 0.3) is 66.6 Å². The van der Waals surface area contributed by atoms with Crippen LogP contribution >= 0.6 is 0 Å². The zero-order valence-electron chi connectivity index (χ0n) is 31.3. The third-order valence-electron chi connectivity index (χ3n) is 11.0. The van der Waals surface area contributed by atoms with E-state index in [9.17, 15) is 0 Å². The molecule has 2 aliphatic heterocycles. The quantitative estimate of drug-likeness (QED) is 0.169. The van der Waals surface area contributed by atoms with E-state index in [1.165, 1.54) is 0 Å². The van der Waals surface area contributed by atoms with Crippen LogP contribution in [0.1, 0.15) is 59.9 Å². The summed E-state index contributed by atoms with van der Waals surface area (Å²) in [6.45, 7) is 2.44. The van der Waals surface area contributed by atoms with Crippen LogP contribution in [0.2, 0.25) is 0 Å². The van der Waals surface area contributed by atoms with Crippen molar-refractivity contribution in [1.82, 2.24) is 19.9 Å². The first-order valence-electron chi connectivity index (χ1n) is 19.0. The maximum atomic E-state index is 7.02. The molecule has 0 radical (unpaired) electrons. The molecule has 56 heavy (non-hydrogen) atoms. The van der Waals surface area contributed by atoms with E-state index in [1.54, 1.807) is 14.2 Å². The number of rotatable bonds is 7. The van der Waals surface area contributed by atoms with Gasteiger partial charge in [-0.25, -0.2) is 4.98 Å². The number of nitrogens with one attached hydrogen (secondary N) is 2. The summed E-state index contributed by atoms with van der Waals surface area (Å²) in [4.78, 5) is 18.8. The van der Waals surface area contributed by atoms with Crippen molar-refractivity contribution in [2.45, 2.75) is 31.5 Å². The van der Waals surface area contributed by atoms with Gasteiger partial charge in [0.05, 0.1) is 17.1 Å². The smallest absolute Gasteiger partial charge is 0.202 e. The number of aromatic nitrogens is 4. The Labute approximate surface area is 324 Å². The monoisotopic (exact) mass is 736 g/mol. The third-order valence-corrected chi connectivity index (χ3v) is 11.0. The lowest BCUT2D eigenvalue weighted by Gasteiger charge is -2.28. The van der Waals surface area contributed by atoms with Gasteiger partial charge < -0.3 is 28.9 Å². The summed E-state index contributed by atoms with van der Waals surface area (Å²) in [7, 11) is 3.46. The van der Waals surface area contributed by atoms with Crippen LogP contribution in [0.4, 0.5) is 0 Å². The molecule has 10 rings (SSSR count). The fraction of sp³-hybridized carbons (Fsp3) is 0.167. The van der Waals surface area contributed by atoms with Crippen molar-refractivity contribution in [2.75, 3.05) is 20.8 Å². The minimum absolute atomic E-state index is 0.421. The first-order valence-corrected chi connectivity index (χ1v) is 19.0. The van der Waals surface area contributed by atoms with E-state index < -0.39 is 24.6 Å². The van der Waals surface area contributed by atoms with Gasteiger partial charge in [-0.15, -0.1) is 0 Å². The van der Waals surface area contributed by atoms with Crippen LogP contribution in [-0.4, -0.2) is 40.8 Å². The number of hydrogen-bond acceptors (Lipinski definition) is 6. The van der Waals surface area contributed by atoms with Crippen LogP contribution in [0.5, 0.6) is 0 Å². The van der Waals surface area contributed by atoms with Crippen LogP contribution in [0, 0.1) is 0 Å². The predicted molar refractivity (Wildman–Crippen MR) is 220 cm³/mol. The largest absolute Gasteiger partial charge is 0.372 e. The predicted octanol–water partition coefficient (Wildman–Crippen LogP) is 11.2. The van der Waals surface area contributed by atoms with Crippen LogP contribution in [0.3, 0.4) is 0 Å². The fourth-order valence-corrected chi connectivity index (χ4v) is 8.64. The molecule has 3 aromatic heterocycles. The second-order valence-corrected chi connectivity index (χ2v) is 14.1. The summed E-state index contributed by atoms with van der Waals surface area (Å²) >= 11 is 0. The van der Waals surface area contributed by atoms with Crippen molar-refractivity contribution in [2.24, 2.45) is 0 Å². The first-order chi connectivity index (χ1) is 27.7. The Balaban J connectivity index is 1.45. The van der Waals surface area contributed by atoms with E-state index in [2.05, 4.69) is 107 Å². The molecule has 8 heteroatoms. The van der Waals surface area contributed by atoms with E-state index in [0.717, 1.165) is 89.2 Å². The van der Waals surface area contributed by atoms with Crippen LogP contribution < -0.4 is 0 Å². The Morgan fingerprint density at radius 1 is 0.500 bits per heavy atom. The molecule has 0 saturated heterocycles. The van der Waals surface area contributed by atoms with Gasteiger partial charge in [0.15, 0.2) is 0 Å². The lowest BCUT2D eigenvalue weighted by Crippen LogP contribution is -2.20. The Bertz CT molecular complexity index is 2740. The average Bonchev–Trinajstić information content (AvgIpc) is 4.05. The molecule has 3 aliphatic rings. The number of nitrogens with zero attached hydrogens (tertiary/aromatic N) is 2. The van der Waals surface area contributed by atoms with Gasteiger partial charge in [0.2, 0.25) is 6.29 Å². The lowest BCUT2D eigenvalue weighted by atomic mass is 9.97. The minimum atomic E-state index is -0.728. The Kier molecular flexibility index (Phi) is 8.68. The summed E-state index contributed by atoms with van der Waals surface area (Å²) in [5.74, 6) is 0. The van der Waals surface area contributed by atoms with Gasteiger partial charge in [0.1, 0.15) is 24.0 Å². The normalized spacial score (nSPS) is 18.5. The highest BCUT2D eigenvalue weighted by atomic mass is 16.7. The fourth-order valence-electron chi connectivity index (χ4n) is 8.64. The number of H-pyrrole nitrogens is 2. The topological polar surface area (TPSA) is 94.3 Å². The van der Waals surface area contributed by atoms with Crippen molar-refractivity contribution >= 4 is 22.1 Å². The minimum Gasteiger partial charge on any atom is -0.372 e. The molecule has 5 heterocycles. The second kappa shape index (κ2) is 14.2. The second-order valence-electron chi connectivity index (χ2n) is 14.1. The van der Waals surface area contributed by atoms with Gasteiger partial charge in [-0.3, -0.25) is 4.98 Å². The first kappa shape index (κ1) is 34.3. The zero-order chi connectivity index (χ0) is 37.8. The molecular weight excluding hydrogens is 697 g/mol. The SMILES string of the molecule is CCO[C@H]1O[C@@H]2c3ccccc3-c3c2nc1c(-c1ccccc1)c1ccc([nH]1)c(-c1ccccc1)c1nc(c(-c2ccccc2)c2ccc3[nH]2)[C@@H](OC)[C@H]1OC. The van der Waals surface area contributed by atoms with Gasteiger partial charge in [-0.2, -0.15) is 0 Å². The highest BCUT2D eigenvalue weighted by Gasteiger charge is 2.40. The van der Waals surface area contributed by atoms with E-state index in [4.69, 9.17) is 28.9 Å². The molecule has 1 aliphatic carbocycles. The highest BCUT2D eigenvalue weighted by Crippen LogP contribution is 2.52. The Hall–Kier alpha value is -6.16.